The van der Waals surface area contributed by atoms with Gasteiger partial charge < -0.3 is 9.15 Å². The molecule has 1 aromatic heterocycles. The van der Waals surface area contributed by atoms with Gasteiger partial charge in [0.2, 0.25) is 5.89 Å². The third-order valence-electron chi connectivity index (χ3n) is 4.01. The number of fused-ring (bicyclic) bond motifs is 1. The molecule has 4 rings (SSSR count). The van der Waals surface area contributed by atoms with Gasteiger partial charge in [0.25, 0.3) is 0 Å². The molecule has 0 spiro atoms. The number of carbonyl (C=O) groups excluding carboxylic acids is 1. The van der Waals surface area contributed by atoms with Crippen LogP contribution in [0.4, 0.5) is 9.18 Å². The van der Waals surface area contributed by atoms with Gasteiger partial charge in [0.05, 0.1) is 13.1 Å². The number of benzene rings is 2. The van der Waals surface area contributed by atoms with Crippen molar-refractivity contribution in [1.29, 1.82) is 0 Å². The van der Waals surface area contributed by atoms with Crippen LogP contribution in [0, 0.1) is 5.82 Å². The lowest BCUT2D eigenvalue weighted by Crippen LogP contribution is -2.26. The fourth-order valence-corrected chi connectivity index (χ4v) is 2.70. The lowest BCUT2D eigenvalue weighted by atomic mass is 10.2. The minimum Gasteiger partial charge on any atom is -0.445 e. The molecular formula is C19H15FN2O3. The third kappa shape index (κ3) is 3.24. The maximum Gasteiger partial charge on any atom is 0.410 e. The fourth-order valence-electron chi connectivity index (χ4n) is 2.70. The van der Waals surface area contributed by atoms with E-state index in [1.54, 1.807) is 17.0 Å². The Morgan fingerprint density at radius 3 is 2.60 bits per heavy atom. The molecule has 1 amide bonds. The van der Waals surface area contributed by atoms with Crippen molar-refractivity contribution in [1.82, 2.24) is 9.88 Å². The van der Waals surface area contributed by atoms with Gasteiger partial charge in [-0.2, -0.15) is 0 Å². The van der Waals surface area contributed by atoms with Gasteiger partial charge in [-0.25, -0.2) is 14.2 Å². The van der Waals surface area contributed by atoms with Gasteiger partial charge in [-0.15, -0.1) is 0 Å². The van der Waals surface area contributed by atoms with Gasteiger partial charge in [0, 0.05) is 5.56 Å². The van der Waals surface area contributed by atoms with Crippen LogP contribution in [0.3, 0.4) is 0 Å². The van der Waals surface area contributed by atoms with Crippen LogP contribution < -0.4 is 0 Å². The van der Waals surface area contributed by atoms with Gasteiger partial charge in [0.15, 0.2) is 0 Å². The Morgan fingerprint density at radius 1 is 1.12 bits per heavy atom. The number of nitrogens with zero attached hydrogens (tertiary/aromatic N) is 2. The summed E-state index contributed by atoms with van der Waals surface area (Å²) in [5.74, 6) is 0.758. The number of rotatable bonds is 3. The fraction of sp³-hybridized carbons (Fsp3) is 0.158. The predicted molar refractivity (Wildman–Crippen MR) is 87.8 cm³/mol. The van der Waals surface area contributed by atoms with Gasteiger partial charge in [-0.05, 0) is 29.8 Å². The molecule has 25 heavy (non-hydrogen) atoms. The minimum atomic E-state index is -0.402. The Kier molecular flexibility index (Phi) is 3.93. The van der Waals surface area contributed by atoms with Crippen molar-refractivity contribution < 1.29 is 18.3 Å². The summed E-state index contributed by atoms with van der Waals surface area (Å²) in [4.78, 5) is 18.1. The van der Waals surface area contributed by atoms with E-state index in [1.165, 1.54) is 12.1 Å². The number of hydrogen-bond donors (Lipinski definition) is 0. The molecule has 0 unspecified atom stereocenters. The first kappa shape index (κ1) is 15.4. The second kappa shape index (κ2) is 6.39. The summed E-state index contributed by atoms with van der Waals surface area (Å²) in [6, 6.07) is 15.5. The summed E-state index contributed by atoms with van der Waals surface area (Å²) in [6.07, 6.45) is -0.402. The number of ether oxygens (including phenoxy) is 1. The second-order valence-corrected chi connectivity index (χ2v) is 5.79. The molecule has 0 saturated carbocycles. The highest BCUT2D eigenvalue weighted by atomic mass is 19.1. The normalized spacial score (nSPS) is 12.9. The van der Waals surface area contributed by atoms with Crippen molar-refractivity contribution in [3.63, 3.8) is 0 Å². The Morgan fingerprint density at radius 2 is 1.88 bits per heavy atom. The molecule has 0 radical (unpaired) electrons. The van der Waals surface area contributed by atoms with Crippen molar-refractivity contribution in [3.8, 4) is 11.5 Å². The first-order valence-corrected chi connectivity index (χ1v) is 7.89. The Labute approximate surface area is 143 Å². The maximum atomic E-state index is 13.0. The largest absolute Gasteiger partial charge is 0.445 e. The molecule has 0 N–H and O–H groups in total. The van der Waals surface area contributed by atoms with Crippen molar-refractivity contribution in [2.75, 3.05) is 0 Å². The van der Waals surface area contributed by atoms with Crippen molar-refractivity contribution >= 4 is 6.09 Å². The summed E-state index contributed by atoms with van der Waals surface area (Å²) in [6.45, 7) is 0.886. The summed E-state index contributed by atoms with van der Waals surface area (Å²) in [5, 5.41) is 0. The van der Waals surface area contributed by atoms with Gasteiger partial charge in [-0.1, -0.05) is 30.3 Å². The van der Waals surface area contributed by atoms with Crippen LogP contribution in [-0.2, 0) is 24.4 Å². The van der Waals surface area contributed by atoms with Gasteiger partial charge in [-0.3, -0.25) is 4.90 Å². The van der Waals surface area contributed by atoms with Crippen molar-refractivity contribution in [3.05, 3.63) is 77.4 Å². The van der Waals surface area contributed by atoms with E-state index in [0.717, 1.165) is 5.56 Å². The van der Waals surface area contributed by atoms with E-state index in [-0.39, 0.29) is 12.4 Å². The molecule has 126 valence electrons. The molecule has 6 heteroatoms. The lowest BCUT2D eigenvalue weighted by Gasteiger charge is -2.15. The van der Waals surface area contributed by atoms with E-state index in [9.17, 15) is 9.18 Å². The quantitative estimate of drug-likeness (QED) is 0.720. The SMILES string of the molecule is O=C(OCc1ccccc1)N1Cc2nc(-c3ccc(F)cc3)oc2C1. The molecule has 0 bridgehead atoms. The minimum absolute atomic E-state index is 0.228. The van der Waals surface area contributed by atoms with Crippen molar-refractivity contribution in [2.45, 2.75) is 19.7 Å². The first-order chi connectivity index (χ1) is 12.2. The molecule has 2 aromatic carbocycles. The van der Waals surface area contributed by atoms with Crippen LogP contribution in [0.2, 0.25) is 0 Å². The molecule has 1 aliphatic heterocycles. The van der Waals surface area contributed by atoms with Gasteiger partial charge >= 0.3 is 6.09 Å². The molecule has 0 saturated heterocycles. The molecule has 1 aliphatic rings. The Hall–Kier alpha value is -3.15. The number of hydrogen-bond acceptors (Lipinski definition) is 4. The van der Waals surface area contributed by atoms with E-state index in [4.69, 9.17) is 9.15 Å². The van der Waals surface area contributed by atoms with Crippen LogP contribution >= 0.6 is 0 Å². The molecule has 0 fully saturated rings. The second-order valence-electron chi connectivity index (χ2n) is 5.79. The highest BCUT2D eigenvalue weighted by Crippen LogP contribution is 2.29. The van der Waals surface area contributed by atoms with E-state index < -0.39 is 6.09 Å². The number of aromatic nitrogens is 1. The van der Waals surface area contributed by atoms with Crippen LogP contribution in [0.15, 0.2) is 59.0 Å². The summed E-state index contributed by atoms with van der Waals surface area (Å²) < 4.78 is 24.0. The monoisotopic (exact) mass is 338 g/mol. The Balaban J connectivity index is 1.39. The lowest BCUT2D eigenvalue weighted by molar-refractivity contribution is 0.0937. The highest BCUT2D eigenvalue weighted by molar-refractivity contribution is 5.68. The molecule has 0 aliphatic carbocycles. The van der Waals surface area contributed by atoms with Gasteiger partial charge in [0.1, 0.15) is 23.9 Å². The van der Waals surface area contributed by atoms with E-state index in [0.29, 0.717) is 36.0 Å². The van der Waals surface area contributed by atoms with E-state index >= 15 is 0 Å². The number of oxazole rings is 1. The van der Waals surface area contributed by atoms with Crippen LogP contribution in [0.5, 0.6) is 0 Å². The zero-order valence-electron chi connectivity index (χ0n) is 13.3. The zero-order chi connectivity index (χ0) is 17.2. The van der Waals surface area contributed by atoms with E-state index in [2.05, 4.69) is 4.98 Å². The standard InChI is InChI=1S/C19H15FN2O3/c20-15-8-6-14(7-9-15)18-21-16-10-22(11-17(16)25-18)19(23)24-12-13-4-2-1-3-5-13/h1-9H,10-12H2. The van der Waals surface area contributed by atoms with Crippen LogP contribution in [0.25, 0.3) is 11.5 Å². The number of halogens is 1. The topological polar surface area (TPSA) is 55.6 Å². The third-order valence-corrected chi connectivity index (χ3v) is 4.01. The maximum absolute atomic E-state index is 13.0. The summed E-state index contributed by atoms with van der Waals surface area (Å²) in [7, 11) is 0. The van der Waals surface area contributed by atoms with Crippen molar-refractivity contribution in [2.24, 2.45) is 0 Å². The summed E-state index contributed by atoms with van der Waals surface area (Å²) >= 11 is 0. The smallest absolute Gasteiger partial charge is 0.410 e. The average Bonchev–Trinajstić information content (AvgIpc) is 3.20. The van der Waals surface area contributed by atoms with E-state index in [1.807, 2.05) is 30.3 Å². The number of carbonyl (C=O) groups is 1. The number of amides is 1. The predicted octanol–water partition coefficient (Wildman–Crippen LogP) is 4.13. The Bertz CT molecular complexity index is 867. The molecular weight excluding hydrogens is 323 g/mol. The molecule has 5 nitrogen and oxygen atoms in total. The first-order valence-electron chi connectivity index (χ1n) is 7.89. The zero-order valence-corrected chi connectivity index (χ0v) is 13.3. The van der Waals surface area contributed by atoms with Crippen LogP contribution in [0.1, 0.15) is 17.0 Å². The molecule has 2 heterocycles. The van der Waals surface area contributed by atoms with Crippen LogP contribution in [-0.4, -0.2) is 16.0 Å². The molecule has 0 atom stereocenters. The highest BCUT2D eigenvalue weighted by Gasteiger charge is 2.30. The molecule has 3 aromatic rings. The average molecular weight is 338 g/mol. The summed E-state index contributed by atoms with van der Waals surface area (Å²) in [5.41, 5.74) is 2.34.